The Hall–Kier alpha value is -1.47. The van der Waals surface area contributed by atoms with Crippen LogP contribution in [0, 0.1) is 5.82 Å². The highest BCUT2D eigenvalue weighted by Gasteiger charge is 1.91. The van der Waals surface area contributed by atoms with Crippen LogP contribution in [0.5, 0.6) is 0 Å². The molecule has 0 aliphatic rings. The van der Waals surface area contributed by atoms with Crippen LogP contribution >= 0.6 is 15.9 Å². The van der Waals surface area contributed by atoms with E-state index in [2.05, 4.69) is 25.6 Å². The van der Waals surface area contributed by atoms with Crippen molar-refractivity contribution >= 4 is 32.6 Å². The van der Waals surface area contributed by atoms with E-state index in [0.29, 0.717) is 5.82 Å². The number of halogens is 2. The standard InChI is InChI=1S/C6H5F.C5H5BrN2O2S/c7-6-4-2-1-3-5-6;6-4-1-2-5(7-3-4)8-11(9)10/h1-5H;1-3,11H,(H,7,8,9,10). The van der Waals surface area contributed by atoms with Gasteiger partial charge in [0.15, 0.2) is 0 Å². The summed E-state index contributed by atoms with van der Waals surface area (Å²) in [5, 5.41) is 0. The molecule has 0 fully saturated rings. The highest BCUT2D eigenvalue weighted by atomic mass is 79.9. The van der Waals surface area contributed by atoms with Crippen LogP contribution in [-0.2, 0) is 10.9 Å². The number of hydrogen-bond donors (Lipinski definition) is 2. The Morgan fingerprint density at radius 2 is 1.78 bits per heavy atom. The van der Waals surface area contributed by atoms with E-state index in [0.717, 1.165) is 4.47 Å². The van der Waals surface area contributed by atoms with Gasteiger partial charge >= 0.3 is 0 Å². The minimum atomic E-state index is -2.61. The third-order valence-electron chi connectivity index (χ3n) is 1.67. The quantitative estimate of drug-likeness (QED) is 0.831. The summed E-state index contributed by atoms with van der Waals surface area (Å²) in [6.07, 6.45) is 1.52. The number of nitrogens with zero attached hydrogens (tertiary/aromatic N) is 1. The average molecular weight is 333 g/mol. The summed E-state index contributed by atoms with van der Waals surface area (Å²) in [6, 6.07) is 11.2. The van der Waals surface area contributed by atoms with Crippen molar-refractivity contribution in [1.29, 1.82) is 0 Å². The number of pyridine rings is 1. The molecule has 0 aliphatic carbocycles. The molecule has 4 nitrogen and oxygen atoms in total. The topological polar surface area (TPSA) is 59.1 Å². The van der Waals surface area contributed by atoms with E-state index in [4.69, 9.17) is 0 Å². The Morgan fingerprint density at radius 1 is 1.11 bits per heavy atom. The summed E-state index contributed by atoms with van der Waals surface area (Å²) in [6.45, 7) is 0. The summed E-state index contributed by atoms with van der Waals surface area (Å²) >= 11 is 3.17. The van der Waals surface area contributed by atoms with Crippen molar-refractivity contribution < 1.29 is 12.8 Å². The first-order valence-corrected chi connectivity index (χ1v) is 6.78. The van der Waals surface area contributed by atoms with Crippen LogP contribution in [0.25, 0.3) is 0 Å². The lowest BCUT2D eigenvalue weighted by atomic mass is 10.4. The maximum atomic E-state index is 11.9. The van der Waals surface area contributed by atoms with Crippen LogP contribution in [0.15, 0.2) is 53.1 Å². The van der Waals surface area contributed by atoms with Crippen LogP contribution < -0.4 is 4.72 Å². The van der Waals surface area contributed by atoms with Crippen LogP contribution in [0.4, 0.5) is 10.2 Å². The van der Waals surface area contributed by atoms with Crippen LogP contribution in [0.1, 0.15) is 0 Å². The van der Waals surface area contributed by atoms with Gasteiger partial charge in [0.2, 0.25) is 10.9 Å². The summed E-state index contributed by atoms with van der Waals surface area (Å²) < 4.78 is 35.1. The zero-order valence-electron chi connectivity index (χ0n) is 9.09. The van der Waals surface area contributed by atoms with Gasteiger partial charge in [0, 0.05) is 10.7 Å². The predicted octanol–water partition coefficient (Wildman–Crippen LogP) is 2.61. The van der Waals surface area contributed by atoms with Crippen LogP contribution in [-0.4, -0.2) is 13.4 Å². The number of aromatic nitrogens is 1. The van der Waals surface area contributed by atoms with Gasteiger partial charge in [-0.15, -0.1) is 0 Å². The fraction of sp³-hybridized carbons (Fsp3) is 0. The molecule has 1 aromatic heterocycles. The van der Waals surface area contributed by atoms with Gasteiger partial charge in [-0.05, 0) is 40.2 Å². The number of hydrogen-bond acceptors (Lipinski definition) is 3. The van der Waals surface area contributed by atoms with Crippen molar-refractivity contribution in [3.8, 4) is 0 Å². The van der Waals surface area contributed by atoms with E-state index in [-0.39, 0.29) is 5.82 Å². The summed E-state index contributed by atoms with van der Waals surface area (Å²) in [5.41, 5.74) is 0. The van der Waals surface area contributed by atoms with Crippen molar-refractivity contribution in [3.05, 3.63) is 59.0 Å². The second-order valence-corrected chi connectivity index (χ2v) is 4.68. The molecule has 0 amide bonds. The number of nitrogens with one attached hydrogen (secondary N) is 1. The third-order valence-corrected chi connectivity index (χ3v) is 2.55. The number of anilines is 1. The van der Waals surface area contributed by atoms with Gasteiger partial charge in [-0.2, -0.15) is 0 Å². The highest BCUT2D eigenvalue weighted by molar-refractivity contribution is 9.10. The Labute approximate surface area is 114 Å². The smallest absolute Gasteiger partial charge is 0.223 e. The molecule has 0 radical (unpaired) electrons. The molecule has 0 saturated heterocycles. The minimum Gasteiger partial charge on any atom is -0.270 e. The molecule has 1 heterocycles. The molecular weight excluding hydrogens is 323 g/mol. The SMILES string of the molecule is Fc1ccccc1.O=[SH](=O)Nc1ccc(Br)cn1. The van der Waals surface area contributed by atoms with Crippen LogP contribution in [0.2, 0.25) is 0 Å². The molecule has 0 bridgehead atoms. The molecular formula is C11H10BrFN2O2S. The highest BCUT2D eigenvalue weighted by Crippen LogP contribution is 2.09. The van der Waals surface area contributed by atoms with E-state index >= 15 is 0 Å². The van der Waals surface area contributed by atoms with Crippen molar-refractivity contribution in [1.82, 2.24) is 4.98 Å². The van der Waals surface area contributed by atoms with E-state index in [1.54, 1.807) is 30.3 Å². The van der Waals surface area contributed by atoms with Gasteiger partial charge in [-0.3, -0.25) is 4.72 Å². The molecule has 1 N–H and O–H groups in total. The second-order valence-electron chi connectivity index (χ2n) is 3.03. The molecule has 2 aromatic rings. The van der Waals surface area contributed by atoms with Crippen molar-refractivity contribution in [2.24, 2.45) is 0 Å². The van der Waals surface area contributed by atoms with Crippen molar-refractivity contribution in [3.63, 3.8) is 0 Å². The van der Waals surface area contributed by atoms with Crippen molar-refractivity contribution in [2.45, 2.75) is 0 Å². The van der Waals surface area contributed by atoms with E-state index in [9.17, 15) is 12.8 Å². The van der Waals surface area contributed by atoms with Gasteiger partial charge in [-0.25, -0.2) is 17.8 Å². The van der Waals surface area contributed by atoms with Gasteiger partial charge in [0.1, 0.15) is 11.6 Å². The lowest BCUT2D eigenvalue weighted by Gasteiger charge is -1.95. The number of benzene rings is 1. The van der Waals surface area contributed by atoms with E-state index < -0.39 is 10.9 Å². The lowest BCUT2D eigenvalue weighted by molar-refractivity contribution is 0.618. The maximum absolute atomic E-state index is 11.9. The molecule has 0 spiro atoms. The van der Waals surface area contributed by atoms with Gasteiger partial charge < -0.3 is 0 Å². The predicted molar refractivity (Wildman–Crippen MR) is 72.3 cm³/mol. The largest absolute Gasteiger partial charge is 0.270 e. The molecule has 0 saturated carbocycles. The lowest BCUT2D eigenvalue weighted by Crippen LogP contribution is -1.96. The zero-order valence-corrected chi connectivity index (χ0v) is 11.6. The van der Waals surface area contributed by atoms with Crippen molar-refractivity contribution in [2.75, 3.05) is 4.72 Å². The molecule has 2 rings (SSSR count). The Balaban J connectivity index is 0.000000199. The summed E-state index contributed by atoms with van der Waals surface area (Å²) in [4.78, 5) is 3.78. The number of rotatable bonds is 2. The molecule has 18 heavy (non-hydrogen) atoms. The molecule has 0 atom stereocenters. The maximum Gasteiger partial charge on any atom is 0.223 e. The minimum absolute atomic E-state index is 0.178. The Bertz CT molecular complexity index is 539. The molecule has 0 unspecified atom stereocenters. The fourth-order valence-corrected chi connectivity index (χ4v) is 1.50. The summed E-state index contributed by atoms with van der Waals surface area (Å²) in [7, 11) is -2.61. The fourth-order valence-electron chi connectivity index (χ4n) is 0.950. The van der Waals surface area contributed by atoms with Crippen LogP contribution in [0.3, 0.4) is 0 Å². The second kappa shape index (κ2) is 7.78. The molecule has 96 valence electrons. The molecule has 1 aromatic carbocycles. The first kappa shape index (κ1) is 14.6. The first-order chi connectivity index (χ1) is 8.58. The third kappa shape index (κ3) is 6.31. The molecule has 0 aliphatic heterocycles. The normalized spacial score (nSPS) is 9.50. The van der Waals surface area contributed by atoms with Gasteiger partial charge in [-0.1, -0.05) is 18.2 Å². The first-order valence-electron chi connectivity index (χ1n) is 4.81. The Kier molecular flexibility index (Phi) is 6.31. The van der Waals surface area contributed by atoms with E-state index in [1.807, 2.05) is 0 Å². The summed E-state index contributed by atoms with van der Waals surface area (Å²) in [5.74, 6) is 0.145. The monoisotopic (exact) mass is 332 g/mol. The number of thiol groups is 1. The van der Waals surface area contributed by atoms with E-state index in [1.165, 1.54) is 18.3 Å². The van der Waals surface area contributed by atoms with Gasteiger partial charge in [0.05, 0.1) is 0 Å². The molecule has 7 heteroatoms. The zero-order chi connectivity index (χ0) is 13.4. The average Bonchev–Trinajstić information content (AvgIpc) is 2.33. The van der Waals surface area contributed by atoms with Gasteiger partial charge in [0.25, 0.3) is 0 Å². The Morgan fingerprint density at radius 3 is 2.17 bits per heavy atom.